The summed E-state index contributed by atoms with van der Waals surface area (Å²) in [6.45, 7) is 0. The standard InChI is InChI=1S/C56H35NS/c1-2-12-37(13-3-1)55-57-51-30-27-36-23-21-35-22-24-40(32-46(35)52(36)54(51)58-55)38-14-10-15-39(31-38)41-25-28-45-50(33-41)56(49-29-26-34-11-4-5-16-42(34)53(45)49)47-19-8-6-17-43(47)44-18-7-9-20-48(44)56/h1-33,55,57H. The van der Waals surface area contributed by atoms with E-state index in [-0.39, 0.29) is 5.37 Å². The second-order valence-corrected chi connectivity index (χ2v) is 17.1. The third-order valence-electron chi connectivity index (χ3n) is 13.1. The van der Waals surface area contributed by atoms with E-state index in [9.17, 15) is 0 Å². The Morgan fingerprint density at radius 1 is 0.397 bits per heavy atom. The molecule has 1 N–H and O–H groups in total. The van der Waals surface area contributed by atoms with E-state index in [1.54, 1.807) is 0 Å². The molecule has 10 aromatic carbocycles. The van der Waals surface area contributed by atoms with Gasteiger partial charge in [0.15, 0.2) is 0 Å². The van der Waals surface area contributed by atoms with Gasteiger partial charge in [0.1, 0.15) is 5.37 Å². The van der Waals surface area contributed by atoms with Gasteiger partial charge in [0, 0.05) is 16.0 Å². The highest BCUT2D eigenvalue weighted by Gasteiger charge is 2.52. The van der Waals surface area contributed by atoms with Crippen LogP contribution in [0.2, 0.25) is 0 Å². The summed E-state index contributed by atoms with van der Waals surface area (Å²) < 4.78 is 0. The van der Waals surface area contributed by atoms with Crippen LogP contribution in [0.3, 0.4) is 0 Å². The summed E-state index contributed by atoms with van der Waals surface area (Å²) in [5.74, 6) is 0. The van der Waals surface area contributed by atoms with Gasteiger partial charge < -0.3 is 5.32 Å². The molecule has 1 heterocycles. The lowest BCUT2D eigenvalue weighted by Gasteiger charge is -2.31. The van der Waals surface area contributed by atoms with Crippen molar-refractivity contribution in [3.8, 4) is 44.5 Å². The Labute approximate surface area is 341 Å². The van der Waals surface area contributed by atoms with Gasteiger partial charge in [-0.2, -0.15) is 0 Å². The molecule has 1 nitrogen and oxygen atoms in total. The van der Waals surface area contributed by atoms with Gasteiger partial charge in [-0.15, -0.1) is 0 Å². The first-order valence-electron chi connectivity index (χ1n) is 20.2. The fourth-order valence-corrected chi connectivity index (χ4v) is 11.9. The van der Waals surface area contributed by atoms with Crippen LogP contribution in [-0.2, 0) is 5.41 Å². The predicted octanol–water partition coefficient (Wildman–Crippen LogP) is 15.0. The number of thioether (sulfide) groups is 1. The van der Waals surface area contributed by atoms with Gasteiger partial charge in [0.25, 0.3) is 0 Å². The zero-order valence-electron chi connectivity index (χ0n) is 31.5. The Kier molecular flexibility index (Phi) is 6.71. The molecular weight excluding hydrogens is 719 g/mol. The third kappa shape index (κ3) is 4.38. The highest BCUT2D eigenvalue weighted by Crippen LogP contribution is 2.64. The Balaban J connectivity index is 0.974. The highest BCUT2D eigenvalue weighted by atomic mass is 32.2. The van der Waals surface area contributed by atoms with Crippen molar-refractivity contribution in [2.45, 2.75) is 15.7 Å². The Hall–Kier alpha value is -6.87. The molecule has 13 rings (SSSR count). The van der Waals surface area contributed by atoms with E-state index in [1.165, 1.54) is 115 Å². The second-order valence-electron chi connectivity index (χ2n) is 16.0. The van der Waals surface area contributed by atoms with Crippen molar-refractivity contribution in [3.05, 3.63) is 228 Å². The van der Waals surface area contributed by atoms with E-state index in [4.69, 9.17) is 0 Å². The number of nitrogens with one attached hydrogen (secondary N) is 1. The van der Waals surface area contributed by atoms with Crippen LogP contribution in [0, 0.1) is 0 Å². The molecule has 10 aromatic rings. The lowest BCUT2D eigenvalue weighted by Crippen LogP contribution is -2.25. The van der Waals surface area contributed by atoms with Crippen molar-refractivity contribution in [2.75, 3.05) is 5.32 Å². The quantitative estimate of drug-likeness (QED) is 0.180. The summed E-state index contributed by atoms with van der Waals surface area (Å²) in [6.07, 6.45) is 0. The van der Waals surface area contributed by atoms with Crippen molar-refractivity contribution in [1.82, 2.24) is 0 Å². The second kappa shape index (κ2) is 12.1. The first-order chi connectivity index (χ1) is 28.7. The normalized spacial score (nSPS) is 15.3. The highest BCUT2D eigenvalue weighted by molar-refractivity contribution is 8.00. The van der Waals surface area contributed by atoms with Crippen molar-refractivity contribution in [1.29, 1.82) is 0 Å². The van der Waals surface area contributed by atoms with Crippen LogP contribution in [0.5, 0.6) is 0 Å². The molecule has 1 atom stereocenters. The Morgan fingerprint density at radius 3 is 1.84 bits per heavy atom. The Morgan fingerprint density at radius 2 is 1.02 bits per heavy atom. The minimum Gasteiger partial charge on any atom is -0.368 e. The van der Waals surface area contributed by atoms with Crippen LogP contribution in [0.25, 0.3) is 76.8 Å². The molecule has 58 heavy (non-hydrogen) atoms. The van der Waals surface area contributed by atoms with Crippen LogP contribution < -0.4 is 5.32 Å². The van der Waals surface area contributed by atoms with Crippen molar-refractivity contribution < 1.29 is 0 Å². The number of anilines is 1. The fourth-order valence-electron chi connectivity index (χ4n) is 10.6. The van der Waals surface area contributed by atoms with Gasteiger partial charge in [0.2, 0.25) is 0 Å². The lowest BCUT2D eigenvalue weighted by atomic mass is 9.70. The first kappa shape index (κ1) is 32.2. The molecule has 0 fully saturated rings. The van der Waals surface area contributed by atoms with E-state index in [0.717, 1.165) is 0 Å². The van der Waals surface area contributed by atoms with Crippen molar-refractivity contribution in [3.63, 3.8) is 0 Å². The molecule has 0 saturated carbocycles. The maximum Gasteiger partial charge on any atom is 0.103 e. The summed E-state index contributed by atoms with van der Waals surface area (Å²) in [4.78, 5) is 1.33. The molecule has 2 heteroatoms. The molecule has 0 aromatic heterocycles. The zero-order valence-corrected chi connectivity index (χ0v) is 32.4. The van der Waals surface area contributed by atoms with Gasteiger partial charge >= 0.3 is 0 Å². The number of hydrogen-bond donors (Lipinski definition) is 1. The minimum absolute atomic E-state index is 0.195. The fraction of sp³-hybridized carbons (Fsp3) is 0.0357. The SMILES string of the molecule is c1ccc(C2Nc3ccc4ccc5ccc(-c6cccc(-c7ccc8c(c7)C7(c9ccccc9-c9ccccc97)c7ccc9ccccc9c7-8)c6)cc5c4c3S2)cc1. The molecular formula is C56H35NS. The monoisotopic (exact) mass is 753 g/mol. The zero-order chi connectivity index (χ0) is 38.0. The third-order valence-corrected chi connectivity index (χ3v) is 14.4. The van der Waals surface area contributed by atoms with Gasteiger partial charge in [-0.05, 0) is 124 Å². The van der Waals surface area contributed by atoms with E-state index in [1.807, 2.05) is 11.8 Å². The first-order valence-corrected chi connectivity index (χ1v) is 21.1. The summed E-state index contributed by atoms with van der Waals surface area (Å²) in [5.41, 5.74) is 17.8. The van der Waals surface area contributed by atoms with E-state index in [2.05, 4.69) is 206 Å². The summed E-state index contributed by atoms with van der Waals surface area (Å²) in [6, 6.07) is 75.1. The topological polar surface area (TPSA) is 12.0 Å². The molecule has 0 saturated heterocycles. The largest absolute Gasteiger partial charge is 0.368 e. The van der Waals surface area contributed by atoms with Crippen LogP contribution >= 0.6 is 11.8 Å². The summed E-state index contributed by atoms with van der Waals surface area (Å²) >= 11 is 1.93. The molecule has 270 valence electrons. The number of benzene rings is 10. The summed E-state index contributed by atoms with van der Waals surface area (Å²) in [5, 5.41) is 11.8. The molecule has 3 aliphatic rings. The average Bonchev–Trinajstić information content (AvgIpc) is 3.96. The molecule has 1 spiro atoms. The van der Waals surface area contributed by atoms with Crippen LogP contribution in [0.4, 0.5) is 5.69 Å². The van der Waals surface area contributed by atoms with Gasteiger partial charge in [0.05, 0.1) is 5.41 Å². The van der Waals surface area contributed by atoms with Crippen molar-refractivity contribution in [2.24, 2.45) is 0 Å². The molecule has 2 aliphatic carbocycles. The summed E-state index contributed by atoms with van der Waals surface area (Å²) in [7, 11) is 0. The van der Waals surface area contributed by atoms with Gasteiger partial charge in [-0.3, -0.25) is 0 Å². The predicted molar refractivity (Wildman–Crippen MR) is 245 cm³/mol. The molecule has 0 radical (unpaired) electrons. The lowest BCUT2D eigenvalue weighted by molar-refractivity contribution is 0.795. The maximum atomic E-state index is 3.80. The van der Waals surface area contributed by atoms with E-state index in [0.29, 0.717) is 0 Å². The van der Waals surface area contributed by atoms with Crippen LogP contribution in [0.1, 0.15) is 33.2 Å². The average molecular weight is 754 g/mol. The van der Waals surface area contributed by atoms with Crippen LogP contribution in [0.15, 0.2) is 205 Å². The smallest absolute Gasteiger partial charge is 0.103 e. The van der Waals surface area contributed by atoms with Crippen LogP contribution in [-0.4, -0.2) is 0 Å². The maximum absolute atomic E-state index is 3.80. The van der Waals surface area contributed by atoms with Crippen molar-refractivity contribution >= 4 is 49.8 Å². The minimum atomic E-state index is -0.401. The molecule has 1 aliphatic heterocycles. The molecule has 0 amide bonds. The number of fused-ring (bicyclic) bond motifs is 17. The van der Waals surface area contributed by atoms with E-state index >= 15 is 0 Å². The molecule has 1 unspecified atom stereocenters. The van der Waals surface area contributed by atoms with Gasteiger partial charge in [-0.1, -0.05) is 188 Å². The van der Waals surface area contributed by atoms with Gasteiger partial charge in [-0.25, -0.2) is 0 Å². The molecule has 0 bridgehead atoms. The van der Waals surface area contributed by atoms with E-state index < -0.39 is 5.41 Å². The number of hydrogen-bond acceptors (Lipinski definition) is 2. The Bertz CT molecular complexity index is 3320. The number of rotatable bonds is 3.